The van der Waals surface area contributed by atoms with Gasteiger partial charge in [-0.05, 0) is 25.1 Å². The third kappa shape index (κ3) is 3.89. The van der Waals surface area contributed by atoms with E-state index in [0.29, 0.717) is 21.6 Å². The van der Waals surface area contributed by atoms with Crippen LogP contribution in [0, 0.1) is 0 Å². The minimum Gasteiger partial charge on any atom is -0.453 e. The van der Waals surface area contributed by atoms with Crippen LogP contribution in [0.4, 0.5) is 16.6 Å². The van der Waals surface area contributed by atoms with Gasteiger partial charge in [-0.2, -0.15) is 4.98 Å². The van der Waals surface area contributed by atoms with Gasteiger partial charge in [-0.3, -0.25) is 10.1 Å². The van der Waals surface area contributed by atoms with Gasteiger partial charge < -0.3 is 15.0 Å². The summed E-state index contributed by atoms with van der Waals surface area (Å²) >= 11 is 5.96. The summed E-state index contributed by atoms with van der Waals surface area (Å²) in [5.74, 6) is 0.514. The van der Waals surface area contributed by atoms with Gasteiger partial charge in [-0.1, -0.05) is 11.6 Å². The number of carbonyl (C=O) groups excluding carboxylic acids is 1. The van der Waals surface area contributed by atoms with E-state index in [9.17, 15) is 9.59 Å². The summed E-state index contributed by atoms with van der Waals surface area (Å²) in [5, 5.41) is 6.65. The number of halogens is 1. The Morgan fingerprint density at radius 3 is 2.92 bits per heavy atom. The molecule has 1 amide bonds. The van der Waals surface area contributed by atoms with Gasteiger partial charge in [-0.15, -0.1) is 0 Å². The number of nitrogens with zero attached hydrogens (tertiary/aromatic N) is 3. The number of methoxy groups -OCH3 is 1. The van der Waals surface area contributed by atoms with Crippen LogP contribution in [0.3, 0.4) is 0 Å². The lowest BCUT2D eigenvalue weighted by molar-refractivity contribution is 0.187. The number of hydrogen-bond acceptors (Lipinski definition) is 7. The molecular formula is C16H15ClN6O3. The molecule has 0 saturated heterocycles. The molecular weight excluding hydrogens is 360 g/mol. The first-order valence-corrected chi connectivity index (χ1v) is 7.97. The molecule has 10 heteroatoms. The standard InChI is InChI=1S/C16H15ClN6O3/c1-8(20-15-18-4-3-12(21-15)22-16(25)26-2)11-6-9-5-10(17)7-19-13(9)23-14(11)24/h3-8H,1-2H3,(H,19,23,24)(H2,18,20,21,22,25)/t8-/m0/s1. The third-order valence-electron chi connectivity index (χ3n) is 3.57. The Kier molecular flexibility index (Phi) is 4.99. The van der Waals surface area contributed by atoms with Crippen LogP contribution in [0.1, 0.15) is 18.5 Å². The van der Waals surface area contributed by atoms with Crippen molar-refractivity contribution in [2.24, 2.45) is 0 Å². The van der Waals surface area contributed by atoms with E-state index in [2.05, 4.69) is 35.3 Å². The number of aromatic nitrogens is 4. The minimum atomic E-state index is -0.641. The molecule has 1 atom stereocenters. The van der Waals surface area contributed by atoms with Gasteiger partial charge in [0, 0.05) is 23.3 Å². The van der Waals surface area contributed by atoms with Crippen LogP contribution in [0.15, 0.2) is 35.4 Å². The molecule has 0 aromatic carbocycles. The van der Waals surface area contributed by atoms with Crippen LogP contribution >= 0.6 is 11.6 Å². The second-order valence-corrected chi connectivity index (χ2v) is 5.83. The number of aromatic amines is 1. The lowest BCUT2D eigenvalue weighted by atomic mass is 10.1. The van der Waals surface area contributed by atoms with E-state index in [0.717, 1.165) is 0 Å². The average molecular weight is 375 g/mol. The molecule has 3 aromatic rings. The van der Waals surface area contributed by atoms with E-state index in [1.807, 2.05) is 0 Å². The number of ether oxygens (including phenoxy) is 1. The molecule has 3 rings (SSSR count). The molecule has 0 aliphatic heterocycles. The summed E-state index contributed by atoms with van der Waals surface area (Å²) in [6, 6.07) is 4.54. The van der Waals surface area contributed by atoms with Crippen molar-refractivity contribution in [2.75, 3.05) is 17.7 Å². The highest BCUT2D eigenvalue weighted by atomic mass is 35.5. The van der Waals surface area contributed by atoms with Crippen LogP contribution in [0.25, 0.3) is 11.0 Å². The SMILES string of the molecule is COC(=O)Nc1ccnc(N[C@@H](C)c2cc3cc(Cl)cnc3[nH]c2=O)n1. The van der Waals surface area contributed by atoms with Crippen LogP contribution in [-0.2, 0) is 4.74 Å². The molecule has 0 radical (unpaired) electrons. The number of carbonyl (C=O) groups is 1. The summed E-state index contributed by atoms with van der Waals surface area (Å²) in [5.41, 5.74) is 0.642. The number of H-pyrrole nitrogens is 1. The second kappa shape index (κ2) is 7.36. The maximum absolute atomic E-state index is 12.3. The first kappa shape index (κ1) is 17.6. The zero-order valence-corrected chi connectivity index (χ0v) is 14.7. The maximum Gasteiger partial charge on any atom is 0.412 e. The molecule has 0 saturated carbocycles. The van der Waals surface area contributed by atoms with Gasteiger partial charge in [0.1, 0.15) is 11.5 Å². The quantitative estimate of drug-likeness (QED) is 0.641. The molecule has 3 heterocycles. The Hall–Kier alpha value is -3.20. The van der Waals surface area contributed by atoms with Crippen molar-refractivity contribution >= 4 is 40.5 Å². The van der Waals surface area contributed by atoms with Gasteiger partial charge in [0.15, 0.2) is 0 Å². The Balaban J connectivity index is 1.86. The minimum absolute atomic E-state index is 0.245. The van der Waals surface area contributed by atoms with Crippen molar-refractivity contribution in [3.63, 3.8) is 0 Å². The Morgan fingerprint density at radius 1 is 1.35 bits per heavy atom. The summed E-state index contributed by atoms with van der Waals surface area (Å²) in [6.45, 7) is 1.79. The highest BCUT2D eigenvalue weighted by Gasteiger charge is 2.14. The van der Waals surface area contributed by atoms with E-state index in [1.165, 1.54) is 25.6 Å². The molecule has 26 heavy (non-hydrogen) atoms. The number of anilines is 2. The fraction of sp³-hybridized carbons (Fsp3) is 0.188. The fourth-order valence-electron chi connectivity index (χ4n) is 2.33. The summed E-state index contributed by atoms with van der Waals surface area (Å²) in [7, 11) is 1.25. The van der Waals surface area contributed by atoms with Gasteiger partial charge >= 0.3 is 6.09 Å². The molecule has 9 nitrogen and oxygen atoms in total. The van der Waals surface area contributed by atoms with Crippen molar-refractivity contribution < 1.29 is 9.53 Å². The Labute approximate surface area is 152 Å². The van der Waals surface area contributed by atoms with Crippen LogP contribution < -0.4 is 16.2 Å². The van der Waals surface area contributed by atoms with E-state index >= 15 is 0 Å². The van der Waals surface area contributed by atoms with Crippen molar-refractivity contribution in [3.8, 4) is 0 Å². The van der Waals surface area contributed by atoms with Crippen LogP contribution in [0.2, 0.25) is 5.02 Å². The highest BCUT2D eigenvalue weighted by Crippen LogP contribution is 2.19. The fourth-order valence-corrected chi connectivity index (χ4v) is 2.50. The van der Waals surface area contributed by atoms with E-state index in [4.69, 9.17) is 11.6 Å². The van der Waals surface area contributed by atoms with Crippen molar-refractivity contribution in [1.29, 1.82) is 0 Å². The average Bonchev–Trinajstić information content (AvgIpc) is 2.61. The number of fused-ring (bicyclic) bond motifs is 1. The number of rotatable bonds is 4. The topological polar surface area (TPSA) is 122 Å². The molecule has 0 aliphatic carbocycles. The highest BCUT2D eigenvalue weighted by molar-refractivity contribution is 6.31. The molecule has 0 aliphatic rings. The van der Waals surface area contributed by atoms with E-state index < -0.39 is 12.1 Å². The summed E-state index contributed by atoms with van der Waals surface area (Å²) < 4.78 is 4.52. The number of pyridine rings is 2. The van der Waals surface area contributed by atoms with Crippen LogP contribution in [-0.4, -0.2) is 33.1 Å². The normalized spacial score (nSPS) is 11.8. The zero-order chi connectivity index (χ0) is 18.7. The predicted molar refractivity (Wildman–Crippen MR) is 97.5 cm³/mol. The maximum atomic E-state index is 12.3. The zero-order valence-electron chi connectivity index (χ0n) is 13.9. The molecule has 134 valence electrons. The number of nitrogens with one attached hydrogen (secondary N) is 3. The number of amides is 1. The summed E-state index contributed by atoms with van der Waals surface area (Å²) in [4.78, 5) is 38.6. The molecule has 3 N–H and O–H groups in total. The van der Waals surface area contributed by atoms with Crippen molar-refractivity contribution in [2.45, 2.75) is 13.0 Å². The van der Waals surface area contributed by atoms with Crippen molar-refractivity contribution in [1.82, 2.24) is 19.9 Å². The van der Waals surface area contributed by atoms with Gasteiger partial charge in [-0.25, -0.2) is 14.8 Å². The second-order valence-electron chi connectivity index (χ2n) is 5.39. The molecule has 0 unspecified atom stereocenters. The molecule has 0 spiro atoms. The van der Waals surface area contributed by atoms with Gasteiger partial charge in [0.2, 0.25) is 5.95 Å². The monoisotopic (exact) mass is 374 g/mol. The lowest BCUT2D eigenvalue weighted by Crippen LogP contribution is -2.21. The Bertz CT molecular complexity index is 1020. The largest absolute Gasteiger partial charge is 0.453 e. The third-order valence-corrected chi connectivity index (χ3v) is 3.78. The first-order valence-electron chi connectivity index (χ1n) is 7.59. The van der Waals surface area contributed by atoms with Crippen LogP contribution in [0.5, 0.6) is 0 Å². The predicted octanol–water partition coefficient (Wildman–Crippen LogP) is 2.72. The molecule has 0 bridgehead atoms. The van der Waals surface area contributed by atoms with E-state index in [1.54, 1.807) is 19.1 Å². The van der Waals surface area contributed by atoms with Gasteiger partial charge in [0.05, 0.1) is 18.2 Å². The smallest absolute Gasteiger partial charge is 0.412 e. The summed E-state index contributed by atoms with van der Waals surface area (Å²) in [6.07, 6.45) is 2.30. The number of hydrogen-bond donors (Lipinski definition) is 3. The Morgan fingerprint density at radius 2 is 2.15 bits per heavy atom. The van der Waals surface area contributed by atoms with Gasteiger partial charge in [0.25, 0.3) is 5.56 Å². The van der Waals surface area contributed by atoms with E-state index in [-0.39, 0.29) is 17.3 Å². The van der Waals surface area contributed by atoms with Crippen molar-refractivity contribution in [3.05, 3.63) is 51.5 Å². The molecule has 0 fully saturated rings. The molecule has 3 aromatic heterocycles. The lowest BCUT2D eigenvalue weighted by Gasteiger charge is -2.14. The first-order chi connectivity index (χ1) is 12.5.